The molecule has 21 heavy (non-hydrogen) atoms. The molecule has 1 aromatic heterocycles. The van der Waals surface area contributed by atoms with Crippen molar-refractivity contribution in [2.75, 3.05) is 0 Å². The van der Waals surface area contributed by atoms with Crippen LogP contribution in [0.2, 0.25) is 10.0 Å². The SMILES string of the molecule is O=C(O)CCCCc1cn(-c2c(Cl)cc(Br)cc2Cl)nn1. The highest BCUT2D eigenvalue weighted by Crippen LogP contribution is 2.31. The van der Waals surface area contributed by atoms with Crippen molar-refractivity contribution in [1.82, 2.24) is 15.0 Å². The van der Waals surface area contributed by atoms with E-state index < -0.39 is 5.97 Å². The minimum absolute atomic E-state index is 0.165. The van der Waals surface area contributed by atoms with Crippen molar-refractivity contribution in [3.05, 3.63) is 38.5 Å². The van der Waals surface area contributed by atoms with Crippen LogP contribution in [0.5, 0.6) is 0 Å². The molecule has 0 saturated carbocycles. The van der Waals surface area contributed by atoms with E-state index in [0.29, 0.717) is 28.6 Å². The van der Waals surface area contributed by atoms with E-state index in [-0.39, 0.29) is 6.42 Å². The number of hydrogen-bond donors (Lipinski definition) is 1. The summed E-state index contributed by atoms with van der Waals surface area (Å²) in [5.74, 6) is -0.785. The van der Waals surface area contributed by atoms with Gasteiger partial charge in [0.25, 0.3) is 0 Å². The van der Waals surface area contributed by atoms with Gasteiger partial charge < -0.3 is 5.11 Å². The van der Waals surface area contributed by atoms with Gasteiger partial charge in [-0.3, -0.25) is 4.79 Å². The average Bonchev–Trinajstić information content (AvgIpc) is 2.81. The summed E-state index contributed by atoms with van der Waals surface area (Å²) in [6.45, 7) is 0. The van der Waals surface area contributed by atoms with E-state index in [1.54, 1.807) is 18.3 Å². The summed E-state index contributed by atoms with van der Waals surface area (Å²) in [6.07, 6.45) is 3.94. The number of carboxylic acids is 1. The van der Waals surface area contributed by atoms with Gasteiger partial charge in [0, 0.05) is 10.9 Å². The highest BCUT2D eigenvalue weighted by molar-refractivity contribution is 9.10. The van der Waals surface area contributed by atoms with Gasteiger partial charge in [0.15, 0.2) is 0 Å². The lowest BCUT2D eigenvalue weighted by molar-refractivity contribution is -0.137. The Bertz CT molecular complexity index is 638. The van der Waals surface area contributed by atoms with E-state index in [9.17, 15) is 4.79 Å². The van der Waals surface area contributed by atoms with Crippen LogP contribution in [0.1, 0.15) is 25.0 Å². The number of rotatable bonds is 6. The zero-order valence-electron chi connectivity index (χ0n) is 10.9. The molecule has 0 amide bonds. The van der Waals surface area contributed by atoms with E-state index in [0.717, 1.165) is 16.6 Å². The summed E-state index contributed by atoms with van der Waals surface area (Å²) in [5, 5.41) is 17.6. The summed E-state index contributed by atoms with van der Waals surface area (Å²) >= 11 is 15.7. The van der Waals surface area contributed by atoms with Gasteiger partial charge in [0.05, 0.1) is 21.9 Å². The fourth-order valence-corrected chi connectivity index (χ4v) is 3.24. The molecule has 0 aliphatic rings. The van der Waals surface area contributed by atoms with Gasteiger partial charge in [-0.1, -0.05) is 44.3 Å². The van der Waals surface area contributed by atoms with Crippen LogP contribution in [-0.2, 0) is 11.2 Å². The van der Waals surface area contributed by atoms with Gasteiger partial charge in [-0.25, -0.2) is 4.68 Å². The maximum atomic E-state index is 10.4. The Balaban J connectivity index is 2.08. The van der Waals surface area contributed by atoms with E-state index in [1.807, 2.05) is 0 Å². The van der Waals surface area contributed by atoms with Crippen molar-refractivity contribution in [2.45, 2.75) is 25.7 Å². The molecule has 0 aliphatic heterocycles. The van der Waals surface area contributed by atoms with Gasteiger partial charge in [-0.15, -0.1) is 5.10 Å². The number of carbonyl (C=O) groups is 1. The van der Waals surface area contributed by atoms with Crippen LogP contribution in [0.3, 0.4) is 0 Å². The Morgan fingerprint density at radius 3 is 2.57 bits per heavy atom. The van der Waals surface area contributed by atoms with E-state index in [1.165, 1.54) is 4.68 Å². The van der Waals surface area contributed by atoms with Crippen LogP contribution in [0.4, 0.5) is 0 Å². The predicted molar refractivity (Wildman–Crippen MR) is 84.3 cm³/mol. The van der Waals surface area contributed by atoms with Crippen LogP contribution in [-0.4, -0.2) is 26.1 Å². The number of hydrogen-bond acceptors (Lipinski definition) is 3. The molecule has 112 valence electrons. The lowest BCUT2D eigenvalue weighted by Gasteiger charge is -2.06. The van der Waals surface area contributed by atoms with Gasteiger partial charge in [0.1, 0.15) is 5.69 Å². The van der Waals surface area contributed by atoms with Gasteiger partial charge in [-0.05, 0) is 31.4 Å². The molecule has 1 N–H and O–H groups in total. The van der Waals surface area contributed by atoms with Crippen molar-refractivity contribution < 1.29 is 9.90 Å². The first kappa shape index (κ1) is 16.3. The number of aryl methyl sites for hydroxylation is 1. The number of unbranched alkanes of at least 4 members (excludes halogenated alkanes) is 1. The summed E-state index contributed by atoms with van der Waals surface area (Å²) in [6, 6.07) is 3.47. The molecule has 0 aliphatic carbocycles. The smallest absolute Gasteiger partial charge is 0.303 e. The molecule has 1 heterocycles. The number of aromatic nitrogens is 3. The lowest BCUT2D eigenvalue weighted by Crippen LogP contribution is -1.97. The second-order valence-corrected chi connectivity index (χ2v) is 6.20. The number of carboxylic acid groups (broad SMARTS) is 1. The Labute approximate surface area is 140 Å². The molecule has 0 fully saturated rings. The second-order valence-electron chi connectivity index (χ2n) is 4.47. The fourth-order valence-electron chi connectivity index (χ4n) is 1.86. The van der Waals surface area contributed by atoms with E-state index in [4.69, 9.17) is 28.3 Å². The number of halogens is 3. The van der Waals surface area contributed by atoms with E-state index >= 15 is 0 Å². The second kappa shape index (κ2) is 7.24. The fraction of sp³-hybridized carbons (Fsp3) is 0.308. The normalized spacial score (nSPS) is 10.8. The lowest BCUT2D eigenvalue weighted by atomic mass is 10.1. The Morgan fingerprint density at radius 1 is 1.29 bits per heavy atom. The molecule has 2 rings (SSSR count). The third kappa shape index (κ3) is 4.43. The standard InChI is InChI=1S/C13H12BrCl2N3O2/c14-8-5-10(15)13(11(16)6-8)19-7-9(17-18-19)3-1-2-4-12(20)21/h5-7H,1-4H2,(H,20,21). The molecule has 2 aromatic rings. The molecule has 0 saturated heterocycles. The predicted octanol–water partition coefficient (Wildman–Crippen LogP) is 4.13. The van der Waals surface area contributed by atoms with Crippen LogP contribution < -0.4 is 0 Å². The Morgan fingerprint density at radius 2 is 1.95 bits per heavy atom. The van der Waals surface area contributed by atoms with Crippen LogP contribution in [0.25, 0.3) is 5.69 Å². The quantitative estimate of drug-likeness (QED) is 0.750. The van der Waals surface area contributed by atoms with Gasteiger partial charge in [0.2, 0.25) is 0 Å². The largest absolute Gasteiger partial charge is 0.481 e. The molecule has 0 atom stereocenters. The van der Waals surface area contributed by atoms with Crippen molar-refractivity contribution in [1.29, 1.82) is 0 Å². The summed E-state index contributed by atoms with van der Waals surface area (Å²) in [4.78, 5) is 10.4. The first-order valence-electron chi connectivity index (χ1n) is 6.25. The molecular weight excluding hydrogens is 381 g/mol. The third-order valence-electron chi connectivity index (χ3n) is 2.83. The molecular formula is C13H12BrCl2N3O2. The van der Waals surface area contributed by atoms with Crippen molar-refractivity contribution in [3.8, 4) is 5.69 Å². The molecule has 0 unspecified atom stereocenters. The summed E-state index contributed by atoms with van der Waals surface area (Å²) in [5.41, 5.74) is 1.35. The zero-order valence-corrected chi connectivity index (χ0v) is 14.0. The maximum absolute atomic E-state index is 10.4. The van der Waals surface area contributed by atoms with Gasteiger partial charge >= 0.3 is 5.97 Å². The maximum Gasteiger partial charge on any atom is 0.303 e. The Hall–Kier alpha value is -1.11. The van der Waals surface area contributed by atoms with Crippen LogP contribution in [0.15, 0.2) is 22.8 Å². The highest BCUT2D eigenvalue weighted by Gasteiger charge is 2.12. The van der Waals surface area contributed by atoms with Crippen LogP contribution >= 0.6 is 39.1 Å². The Kier molecular flexibility index (Phi) is 5.61. The molecule has 0 spiro atoms. The number of benzene rings is 1. The molecule has 0 bridgehead atoms. The minimum atomic E-state index is -0.785. The monoisotopic (exact) mass is 391 g/mol. The third-order valence-corrected chi connectivity index (χ3v) is 3.86. The average molecular weight is 393 g/mol. The number of aliphatic carboxylic acids is 1. The summed E-state index contributed by atoms with van der Waals surface area (Å²) < 4.78 is 2.32. The first-order chi connectivity index (χ1) is 9.97. The molecule has 1 aromatic carbocycles. The molecule has 5 nitrogen and oxygen atoms in total. The zero-order chi connectivity index (χ0) is 15.4. The first-order valence-corrected chi connectivity index (χ1v) is 7.80. The van der Waals surface area contributed by atoms with Crippen molar-refractivity contribution in [3.63, 3.8) is 0 Å². The van der Waals surface area contributed by atoms with Gasteiger partial charge in [-0.2, -0.15) is 0 Å². The topological polar surface area (TPSA) is 68.0 Å². The van der Waals surface area contributed by atoms with Crippen molar-refractivity contribution >= 4 is 45.1 Å². The van der Waals surface area contributed by atoms with Crippen LogP contribution in [0, 0.1) is 0 Å². The molecule has 8 heteroatoms. The minimum Gasteiger partial charge on any atom is -0.481 e. The van der Waals surface area contributed by atoms with Crippen molar-refractivity contribution in [2.24, 2.45) is 0 Å². The van der Waals surface area contributed by atoms with E-state index in [2.05, 4.69) is 26.2 Å². The summed E-state index contributed by atoms with van der Waals surface area (Å²) in [7, 11) is 0. The molecule has 0 radical (unpaired) electrons. The number of nitrogens with zero attached hydrogens (tertiary/aromatic N) is 3. The highest BCUT2D eigenvalue weighted by atomic mass is 79.9.